The van der Waals surface area contributed by atoms with E-state index in [1.807, 2.05) is 0 Å². The van der Waals surface area contributed by atoms with E-state index in [9.17, 15) is 19.8 Å². The zero-order valence-electron chi connectivity index (χ0n) is 18.5. The molecule has 178 valence electrons. The van der Waals surface area contributed by atoms with Gasteiger partial charge in [-0.05, 0) is 40.0 Å². The first-order chi connectivity index (χ1) is 14.2. The van der Waals surface area contributed by atoms with Crippen LogP contribution in [0.3, 0.4) is 0 Å². The van der Waals surface area contributed by atoms with Gasteiger partial charge >= 0.3 is 12.2 Å². The van der Waals surface area contributed by atoms with E-state index in [2.05, 4.69) is 10.6 Å². The highest BCUT2D eigenvalue weighted by Crippen LogP contribution is 2.07. The minimum absolute atomic E-state index is 0.0258. The number of aliphatic hydroxyl groups excluding tert-OH is 1. The van der Waals surface area contributed by atoms with Crippen molar-refractivity contribution in [3.8, 4) is 0 Å². The summed E-state index contributed by atoms with van der Waals surface area (Å²) in [5.74, 6) is 0. The largest absolute Gasteiger partial charge is 0.447 e. The molecule has 0 aromatic carbocycles. The van der Waals surface area contributed by atoms with E-state index in [1.165, 1.54) is 0 Å². The molecule has 11 heteroatoms. The summed E-state index contributed by atoms with van der Waals surface area (Å²) in [6.45, 7) is 7.70. The summed E-state index contributed by atoms with van der Waals surface area (Å²) in [5.41, 5.74) is -0.566. The van der Waals surface area contributed by atoms with Gasteiger partial charge in [0.15, 0.2) is 6.29 Å². The van der Waals surface area contributed by atoms with E-state index >= 15 is 0 Å². The van der Waals surface area contributed by atoms with Crippen LogP contribution >= 0.6 is 0 Å². The molecule has 0 saturated heterocycles. The molecule has 0 spiro atoms. The Morgan fingerprint density at radius 3 is 2.07 bits per heavy atom. The Morgan fingerprint density at radius 1 is 0.900 bits per heavy atom. The maximum absolute atomic E-state index is 11.8. The molecule has 0 aliphatic carbocycles. The van der Waals surface area contributed by atoms with Crippen molar-refractivity contribution in [2.75, 3.05) is 53.3 Å². The maximum atomic E-state index is 11.8. The third-order valence-corrected chi connectivity index (χ3v) is 3.54. The molecule has 1 atom stereocenters. The van der Waals surface area contributed by atoms with Crippen molar-refractivity contribution >= 4 is 12.2 Å². The van der Waals surface area contributed by atoms with Crippen molar-refractivity contribution in [1.29, 1.82) is 0 Å². The highest BCUT2D eigenvalue weighted by molar-refractivity contribution is 5.68. The summed E-state index contributed by atoms with van der Waals surface area (Å²) >= 11 is 0. The van der Waals surface area contributed by atoms with Crippen LogP contribution in [0.15, 0.2) is 0 Å². The van der Waals surface area contributed by atoms with Crippen molar-refractivity contribution in [3.05, 3.63) is 0 Å². The molecular weight excluding hydrogens is 400 g/mol. The number of methoxy groups -OCH3 is 1. The minimum atomic E-state index is -1.73. The summed E-state index contributed by atoms with van der Waals surface area (Å²) in [6, 6.07) is -0.880. The van der Waals surface area contributed by atoms with Crippen LogP contribution < -0.4 is 10.6 Å². The van der Waals surface area contributed by atoms with E-state index in [0.29, 0.717) is 52.2 Å². The smallest absolute Gasteiger partial charge is 0.407 e. The molecule has 1 unspecified atom stereocenters. The number of rotatable bonds is 16. The van der Waals surface area contributed by atoms with Crippen LogP contribution in [-0.2, 0) is 23.7 Å². The Balaban J connectivity index is 3.82. The van der Waals surface area contributed by atoms with Gasteiger partial charge in [-0.15, -0.1) is 0 Å². The van der Waals surface area contributed by atoms with Crippen molar-refractivity contribution in [2.24, 2.45) is 0 Å². The normalized spacial score (nSPS) is 12.5. The lowest BCUT2D eigenvalue weighted by Crippen LogP contribution is -2.43. The first-order valence-electron chi connectivity index (χ1n) is 10.1. The van der Waals surface area contributed by atoms with Gasteiger partial charge in [0.05, 0.1) is 39.1 Å². The summed E-state index contributed by atoms with van der Waals surface area (Å²) in [7, 11) is 1.59. The predicted molar refractivity (Wildman–Crippen MR) is 108 cm³/mol. The molecule has 0 aliphatic rings. The Kier molecular flexibility index (Phi) is 16.1. The number of hydrogen-bond acceptors (Lipinski definition) is 9. The van der Waals surface area contributed by atoms with Gasteiger partial charge in [0, 0.05) is 13.7 Å². The van der Waals surface area contributed by atoms with Crippen molar-refractivity contribution in [1.82, 2.24) is 10.6 Å². The molecule has 0 aliphatic heterocycles. The average Bonchev–Trinajstić information content (AvgIpc) is 2.63. The van der Waals surface area contributed by atoms with Gasteiger partial charge in [-0.2, -0.15) is 0 Å². The second-order valence-corrected chi connectivity index (χ2v) is 7.44. The van der Waals surface area contributed by atoms with Gasteiger partial charge in [0.1, 0.15) is 12.2 Å². The number of nitrogens with one attached hydrogen (secondary N) is 2. The lowest BCUT2D eigenvalue weighted by molar-refractivity contribution is -0.0686. The third-order valence-electron chi connectivity index (χ3n) is 3.54. The Morgan fingerprint density at radius 2 is 1.50 bits per heavy atom. The van der Waals surface area contributed by atoms with Gasteiger partial charge in [0.25, 0.3) is 0 Å². The predicted octanol–water partition coefficient (Wildman–Crippen LogP) is 0.767. The molecule has 30 heavy (non-hydrogen) atoms. The van der Waals surface area contributed by atoms with Crippen LogP contribution in [0.4, 0.5) is 9.59 Å². The summed E-state index contributed by atoms with van der Waals surface area (Å²) in [5, 5.41) is 23.8. The van der Waals surface area contributed by atoms with E-state index in [1.54, 1.807) is 27.9 Å². The monoisotopic (exact) mass is 438 g/mol. The quantitative estimate of drug-likeness (QED) is 0.203. The Labute approximate surface area is 178 Å². The molecule has 0 bridgehead atoms. The molecule has 0 radical (unpaired) electrons. The molecule has 11 nitrogen and oxygen atoms in total. The summed E-state index contributed by atoms with van der Waals surface area (Å²) < 4.78 is 25.3. The SMILES string of the molecule is COCCOCCOCCOC(=O)NC(CCCCNC(=O)OC(C)(C)C)C(O)O. The summed E-state index contributed by atoms with van der Waals surface area (Å²) in [4.78, 5) is 23.3. The second-order valence-electron chi connectivity index (χ2n) is 7.44. The number of amides is 2. The fourth-order valence-corrected chi connectivity index (χ4v) is 2.14. The van der Waals surface area contributed by atoms with Crippen LogP contribution in [0.2, 0.25) is 0 Å². The van der Waals surface area contributed by atoms with Gasteiger partial charge in [0.2, 0.25) is 0 Å². The molecule has 0 fully saturated rings. The molecule has 0 saturated carbocycles. The Hall–Kier alpha value is -1.66. The molecule has 2 amide bonds. The zero-order valence-corrected chi connectivity index (χ0v) is 18.5. The van der Waals surface area contributed by atoms with Gasteiger partial charge in [-0.3, -0.25) is 0 Å². The Bertz CT molecular complexity index is 456. The van der Waals surface area contributed by atoms with E-state index in [0.717, 1.165) is 0 Å². The van der Waals surface area contributed by atoms with Gasteiger partial charge in [-0.1, -0.05) is 0 Å². The zero-order chi connectivity index (χ0) is 22.8. The first kappa shape index (κ1) is 28.3. The lowest BCUT2D eigenvalue weighted by atomic mass is 10.1. The molecule has 0 rings (SSSR count). The van der Waals surface area contributed by atoms with E-state index < -0.39 is 30.1 Å². The molecule has 0 aromatic heterocycles. The highest BCUT2D eigenvalue weighted by Gasteiger charge is 2.20. The highest BCUT2D eigenvalue weighted by atomic mass is 16.6. The second kappa shape index (κ2) is 17.1. The number of alkyl carbamates (subject to hydrolysis) is 2. The van der Waals surface area contributed by atoms with E-state index in [4.69, 9.17) is 23.7 Å². The molecular formula is C19H38N2O9. The fourth-order valence-electron chi connectivity index (χ4n) is 2.14. The van der Waals surface area contributed by atoms with Crippen molar-refractivity contribution in [2.45, 2.75) is 58.0 Å². The number of unbranched alkanes of at least 4 members (excludes halogenated alkanes) is 1. The minimum Gasteiger partial charge on any atom is -0.447 e. The van der Waals surface area contributed by atoms with Crippen LogP contribution in [0, 0.1) is 0 Å². The summed E-state index contributed by atoms with van der Waals surface area (Å²) in [6.07, 6.45) is -1.56. The van der Waals surface area contributed by atoms with E-state index in [-0.39, 0.29) is 13.2 Å². The van der Waals surface area contributed by atoms with Gasteiger partial charge < -0.3 is 44.5 Å². The molecule has 0 aromatic rings. The molecule has 4 N–H and O–H groups in total. The lowest BCUT2D eigenvalue weighted by Gasteiger charge is -2.21. The van der Waals surface area contributed by atoms with Crippen molar-refractivity contribution in [3.63, 3.8) is 0 Å². The van der Waals surface area contributed by atoms with Crippen molar-refractivity contribution < 1.29 is 43.5 Å². The van der Waals surface area contributed by atoms with Crippen LogP contribution in [0.5, 0.6) is 0 Å². The topological polar surface area (TPSA) is 145 Å². The average molecular weight is 439 g/mol. The first-order valence-corrected chi connectivity index (χ1v) is 10.1. The fraction of sp³-hybridized carbons (Fsp3) is 0.895. The van der Waals surface area contributed by atoms with Crippen LogP contribution in [0.25, 0.3) is 0 Å². The van der Waals surface area contributed by atoms with Crippen LogP contribution in [-0.4, -0.2) is 93.6 Å². The standard InChI is InChI=1S/C19H38N2O9/c1-19(2,3)30-17(24)20-8-6-5-7-15(16(22)23)21-18(25)29-14-13-28-12-11-27-10-9-26-4/h15-16,22-23H,5-14H2,1-4H3,(H,20,24)(H,21,25). The number of hydrogen-bond donors (Lipinski definition) is 4. The third kappa shape index (κ3) is 18.4. The number of carbonyl (C=O) groups is 2. The number of carbonyl (C=O) groups excluding carboxylic acids is 2. The molecule has 0 heterocycles. The number of ether oxygens (including phenoxy) is 5. The maximum Gasteiger partial charge on any atom is 0.407 e. The van der Waals surface area contributed by atoms with Crippen LogP contribution in [0.1, 0.15) is 40.0 Å². The number of aliphatic hydroxyl groups is 2. The van der Waals surface area contributed by atoms with Gasteiger partial charge in [-0.25, -0.2) is 9.59 Å².